The minimum Gasteiger partial charge on any atom is -0.399 e. The summed E-state index contributed by atoms with van der Waals surface area (Å²) >= 11 is 1.42. The lowest BCUT2D eigenvalue weighted by Crippen LogP contribution is -2.16. The molecular formula is C13H12F2N2O2S2. The third kappa shape index (κ3) is 3.45. The van der Waals surface area contributed by atoms with Crippen LogP contribution in [0.5, 0.6) is 0 Å². The molecule has 21 heavy (non-hydrogen) atoms. The Morgan fingerprint density at radius 1 is 1.19 bits per heavy atom. The van der Waals surface area contributed by atoms with E-state index in [1.807, 2.05) is 6.26 Å². The van der Waals surface area contributed by atoms with E-state index in [1.54, 1.807) is 18.2 Å². The van der Waals surface area contributed by atoms with Gasteiger partial charge >= 0.3 is 0 Å². The lowest BCUT2D eigenvalue weighted by atomic mass is 10.3. The van der Waals surface area contributed by atoms with Gasteiger partial charge in [0.05, 0.1) is 0 Å². The van der Waals surface area contributed by atoms with E-state index in [-0.39, 0.29) is 11.4 Å². The van der Waals surface area contributed by atoms with Crippen molar-refractivity contribution in [3.63, 3.8) is 0 Å². The van der Waals surface area contributed by atoms with Gasteiger partial charge in [-0.1, -0.05) is 6.07 Å². The third-order valence-corrected chi connectivity index (χ3v) is 4.73. The molecule has 0 aromatic heterocycles. The third-order valence-electron chi connectivity index (χ3n) is 2.63. The number of halogens is 2. The van der Waals surface area contributed by atoms with Gasteiger partial charge in [0.15, 0.2) is 11.6 Å². The number of nitrogen functional groups attached to an aromatic ring is 1. The van der Waals surface area contributed by atoms with Crippen molar-refractivity contribution >= 4 is 33.2 Å². The minimum absolute atomic E-state index is 0.174. The molecule has 2 rings (SSSR count). The molecule has 0 aliphatic rings. The first-order valence-corrected chi connectivity index (χ1v) is 8.45. The quantitative estimate of drug-likeness (QED) is 0.667. The zero-order valence-electron chi connectivity index (χ0n) is 10.9. The van der Waals surface area contributed by atoms with Gasteiger partial charge in [-0.2, -0.15) is 0 Å². The van der Waals surface area contributed by atoms with Crippen LogP contribution in [0.4, 0.5) is 20.2 Å². The van der Waals surface area contributed by atoms with Crippen molar-refractivity contribution < 1.29 is 17.2 Å². The fourth-order valence-electron chi connectivity index (χ4n) is 1.68. The van der Waals surface area contributed by atoms with Crippen LogP contribution in [0.1, 0.15) is 0 Å². The fraction of sp³-hybridized carbons (Fsp3) is 0.0769. The standard InChI is InChI=1S/C13H12F2N2O2S2/c1-20-10-4-2-3-9(7-10)17-21(18,19)12-6-8(16)5-11(14)13(12)15/h2-7,17H,16H2,1H3. The average molecular weight is 330 g/mol. The van der Waals surface area contributed by atoms with E-state index in [9.17, 15) is 17.2 Å². The van der Waals surface area contributed by atoms with Crippen molar-refractivity contribution in [2.45, 2.75) is 9.79 Å². The normalized spacial score (nSPS) is 11.4. The Labute approximate surface area is 125 Å². The second-order valence-electron chi connectivity index (χ2n) is 4.15. The van der Waals surface area contributed by atoms with E-state index in [4.69, 9.17) is 5.73 Å². The number of anilines is 2. The molecule has 0 amide bonds. The van der Waals surface area contributed by atoms with Crippen LogP contribution in [0.15, 0.2) is 46.2 Å². The average Bonchev–Trinajstić information content (AvgIpc) is 2.42. The molecule has 0 bridgehead atoms. The number of hydrogen-bond donors (Lipinski definition) is 2. The summed E-state index contributed by atoms with van der Waals surface area (Å²) in [5.74, 6) is -2.77. The van der Waals surface area contributed by atoms with Gasteiger partial charge in [-0.15, -0.1) is 11.8 Å². The van der Waals surface area contributed by atoms with Crippen LogP contribution >= 0.6 is 11.8 Å². The Balaban J connectivity index is 2.43. The molecule has 0 unspecified atom stereocenters. The van der Waals surface area contributed by atoms with Crippen LogP contribution in [0, 0.1) is 11.6 Å². The second kappa shape index (κ2) is 5.90. The molecule has 0 saturated carbocycles. The molecule has 0 heterocycles. The second-order valence-corrected chi connectivity index (χ2v) is 6.68. The van der Waals surface area contributed by atoms with Crippen LogP contribution in [0.3, 0.4) is 0 Å². The number of sulfonamides is 1. The van der Waals surface area contributed by atoms with Crippen molar-refractivity contribution in [3.05, 3.63) is 48.0 Å². The summed E-state index contributed by atoms with van der Waals surface area (Å²) in [6.45, 7) is 0. The SMILES string of the molecule is CSc1cccc(NS(=O)(=O)c2cc(N)cc(F)c2F)c1. The van der Waals surface area contributed by atoms with E-state index < -0.39 is 26.6 Å². The predicted octanol–water partition coefficient (Wildman–Crippen LogP) is 3.07. The first kappa shape index (κ1) is 15.6. The molecule has 4 nitrogen and oxygen atoms in total. The largest absolute Gasteiger partial charge is 0.399 e. The summed E-state index contributed by atoms with van der Waals surface area (Å²) < 4.78 is 53.4. The highest BCUT2D eigenvalue weighted by Gasteiger charge is 2.23. The molecule has 0 atom stereocenters. The zero-order chi connectivity index (χ0) is 15.6. The summed E-state index contributed by atoms with van der Waals surface area (Å²) in [6.07, 6.45) is 1.83. The van der Waals surface area contributed by atoms with Gasteiger partial charge in [-0.05, 0) is 36.6 Å². The highest BCUT2D eigenvalue weighted by atomic mass is 32.2. The molecule has 2 aromatic carbocycles. The van der Waals surface area contributed by atoms with Crippen LogP contribution in [0.25, 0.3) is 0 Å². The molecule has 0 fully saturated rings. The van der Waals surface area contributed by atoms with Crippen molar-refractivity contribution in [2.75, 3.05) is 16.7 Å². The van der Waals surface area contributed by atoms with E-state index in [0.29, 0.717) is 0 Å². The number of hydrogen-bond acceptors (Lipinski definition) is 4. The number of thioether (sulfide) groups is 1. The minimum atomic E-state index is -4.27. The summed E-state index contributed by atoms with van der Waals surface area (Å²) in [4.78, 5) is 0.00369. The van der Waals surface area contributed by atoms with Crippen LogP contribution in [-0.4, -0.2) is 14.7 Å². The number of rotatable bonds is 4. The van der Waals surface area contributed by atoms with Gasteiger partial charge in [0.2, 0.25) is 0 Å². The maximum atomic E-state index is 13.7. The lowest BCUT2D eigenvalue weighted by molar-refractivity contribution is 0.486. The molecule has 8 heteroatoms. The maximum absolute atomic E-state index is 13.7. The van der Waals surface area contributed by atoms with Crippen LogP contribution in [0.2, 0.25) is 0 Å². The van der Waals surface area contributed by atoms with Crippen molar-refractivity contribution in [2.24, 2.45) is 0 Å². The Kier molecular flexibility index (Phi) is 4.38. The Bertz CT molecular complexity index is 780. The fourth-order valence-corrected chi connectivity index (χ4v) is 3.31. The summed E-state index contributed by atoms with van der Waals surface area (Å²) in [5.41, 5.74) is 5.44. The monoisotopic (exact) mass is 330 g/mol. The summed E-state index contributed by atoms with van der Waals surface area (Å²) in [6, 6.07) is 8.14. The maximum Gasteiger partial charge on any atom is 0.265 e. The van der Waals surface area contributed by atoms with Gasteiger partial charge in [-0.3, -0.25) is 4.72 Å². The van der Waals surface area contributed by atoms with Gasteiger partial charge in [0, 0.05) is 16.3 Å². The molecule has 0 aliphatic carbocycles. The molecule has 0 radical (unpaired) electrons. The number of nitrogens with one attached hydrogen (secondary N) is 1. The number of nitrogens with two attached hydrogens (primary N) is 1. The molecule has 3 N–H and O–H groups in total. The predicted molar refractivity (Wildman–Crippen MR) is 79.8 cm³/mol. The number of benzene rings is 2. The van der Waals surface area contributed by atoms with Gasteiger partial charge in [-0.25, -0.2) is 17.2 Å². The molecule has 0 saturated heterocycles. The molecule has 112 valence electrons. The molecule has 0 spiro atoms. The highest BCUT2D eigenvalue weighted by molar-refractivity contribution is 7.98. The first-order valence-electron chi connectivity index (χ1n) is 5.75. The zero-order valence-corrected chi connectivity index (χ0v) is 12.6. The van der Waals surface area contributed by atoms with Crippen LogP contribution < -0.4 is 10.5 Å². The van der Waals surface area contributed by atoms with Gasteiger partial charge < -0.3 is 5.73 Å². The van der Waals surface area contributed by atoms with E-state index in [0.717, 1.165) is 17.0 Å². The van der Waals surface area contributed by atoms with Crippen LogP contribution in [-0.2, 0) is 10.0 Å². The van der Waals surface area contributed by atoms with E-state index in [2.05, 4.69) is 4.72 Å². The first-order chi connectivity index (χ1) is 9.83. The topological polar surface area (TPSA) is 72.2 Å². The Morgan fingerprint density at radius 3 is 2.57 bits per heavy atom. The summed E-state index contributed by atoms with van der Waals surface area (Å²) in [5, 5.41) is 0. The highest BCUT2D eigenvalue weighted by Crippen LogP contribution is 2.25. The molecule has 0 aliphatic heterocycles. The van der Waals surface area contributed by atoms with Gasteiger partial charge in [0.1, 0.15) is 4.90 Å². The molecule has 2 aromatic rings. The van der Waals surface area contributed by atoms with Crippen molar-refractivity contribution in [3.8, 4) is 0 Å². The summed E-state index contributed by atoms with van der Waals surface area (Å²) in [7, 11) is -4.27. The van der Waals surface area contributed by atoms with Crippen molar-refractivity contribution in [1.29, 1.82) is 0 Å². The smallest absolute Gasteiger partial charge is 0.265 e. The van der Waals surface area contributed by atoms with E-state index >= 15 is 0 Å². The van der Waals surface area contributed by atoms with E-state index in [1.165, 1.54) is 17.8 Å². The van der Waals surface area contributed by atoms with Crippen molar-refractivity contribution in [1.82, 2.24) is 0 Å². The Morgan fingerprint density at radius 2 is 1.90 bits per heavy atom. The Hall–Kier alpha value is -1.80. The molecular weight excluding hydrogens is 318 g/mol. The van der Waals surface area contributed by atoms with Gasteiger partial charge in [0.25, 0.3) is 10.0 Å². The lowest BCUT2D eigenvalue weighted by Gasteiger charge is -2.10.